The van der Waals surface area contributed by atoms with Gasteiger partial charge in [0.05, 0.1) is 16.7 Å². The largest absolute Gasteiger partial charge is 0.292 e. The van der Waals surface area contributed by atoms with Crippen LogP contribution in [0.1, 0.15) is 16.1 Å². The van der Waals surface area contributed by atoms with Gasteiger partial charge in [-0.05, 0) is 11.4 Å². The van der Waals surface area contributed by atoms with Gasteiger partial charge in [-0.3, -0.25) is 4.79 Å². The lowest BCUT2D eigenvalue weighted by Crippen LogP contribution is -1.99. The predicted octanol–water partition coefficient (Wildman–Crippen LogP) is 2.58. The van der Waals surface area contributed by atoms with Crippen LogP contribution in [0.25, 0.3) is 0 Å². The van der Waals surface area contributed by atoms with Crippen LogP contribution in [0, 0.1) is 11.3 Å². The van der Waals surface area contributed by atoms with E-state index in [1.165, 1.54) is 23.1 Å². The first kappa shape index (κ1) is 10.3. The quantitative estimate of drug-likeness (QED) is 0.555. The van der Waals surface area contributed by atoms with Crippen LogP contribution >= 0.6 is 23.1 Å². The Morgan fingerprint density at radius 1 is 1.69 bits per heavy atom. The molecular formula is C9H9NOS2. The van der Waals surface area contributed by atoms with Gasteiger partial charge in [0.1, 0.15) is 0 Å². The summed E-state index contributed by atoms with van der Waals surface area (Å²) in [4.78, 5) is 12.2. The zero-order valence-corrected chi connectivity index (χ0v) is 8.66. The topological polar surface area (TPSA) is 40.9 Å². The van der Waals surface area contributed by atoms with Crippen molar-refractivity contribution < 1.29 is 4.79 Å². The molecule has 0 unspecified atom stereocenters. The fourth-order valence-corrected chi connectivity index (χ4v) is 2.27. The first-order chi connectivity index (χ1) is 6.34. The van der Waals surface area contributed by atoms with Crippen molar-refractivity contribution in [3.8, 4) is 6.07 Å². The average molecular weight is 211 g/mol. The Morgan fingerprint density at radius 2 is 2.54 bits per heavy atom. The number of hydrogen-bond acceptors (Lipinski definition) is 4. The molecule has 0 radical (unpaired) electrons. The van der Waals surface area contributed by atoms with E-state index in [4.69, 9.17) is 5.26 Å². The Hall–Kier alpha value is -0.790. The predicted molar refractivity (Wildman–Crippen MR) is 56.2 cm³/mol. The van der Waals surface area contributed by atoms with E-state index in [2.05, 4.69) is 0 Å². The molecule has 0 atom stereocenters. The lowest BCUT2D eigenvalue weighted by atomic mass is 10.4. The molecule has 0 aliphatic heterocycles. The molecule has 0 spiro atoms. The van der Waals surface area contributed by atoms with E-state index in [0.717, 1.165) is 10.6 Å². The fourth-order valence-electron chi connectivity index (χ4n) is 0.791. The molecule has 68 valence electrons. The monoisotopic (exact) mass is 211 g/mol. The summed E-state index contributed by atoms with van der Waals surface area (Å²) in [5, 5.41) is 10.2. The molecule has 2 nitrogen and oxygen atoms in total. The zero-order valence-electron chi connectivity index (χ0n) is 7.03. The van der Waals surface area contributed by atoms with Crippen molar-refractivity contribution in [2.24, 2.45) is 0 Å². The van der Waals surface area contributed by atoms with Crippen LogP contribution in [0.3, 0.4) is 0 Å². The lowest BCUT2D eigenvalue weighted by Gasteiger charge is -1.95. The number of rotatable bonds is 5. The van der Waals surface area contributed by atoms with Gasteiger partial charge < -0.3 is 0 Å². The molecule has 1 heterocycles. The Morgan fingerprint density at radius 3 is 3.15 bits per heavy atom. The van der Waals surface area contributed by atoms with Crippen molar-refractivity contribution in [1.29, 1.82) is 5.26 Å². The Balaban J connectivity index is 2.24. The Bertz CT molecular complexity index is 300. The van der Waals surface area contributed by atoms with Crippen LogP contribution in [-0.4, -0.2) is 17.3 Å². The maximum atomic E-state index is 11.4. The van der Waals surface area contributed by atoms with Gasteiger partial charge >= 0.3 is 0 Å². The Labute approximate surface area is 85.6 Å². The molecule has 1 aromatic heterocycles. The van der Waals surface area contributed by atoms with E-state index in [0.29, 0.717) is 12.2 Å². The molecule has 0 bridgehead atoms. The van der Waals surface area contributed by atoms with E-state index in [-0.39, 0.29) is 5.78 Å². The fraction of sp³-hybridized carbons (Fsp3) is 0.333. The molecule has 0 aromatic carbocycles. The Kier molecular flexibility index (Phi) is 4.58. The molecular weight excluding hydrogens is 202 g/mol. The number of nitrogens with zero attached hydrogens (tertiary/aromatic N) is 1. The van der Waals surface area contributed by atoms with E-state index in [9.17, 15) is 4.79 Å². The molecule has 0 amide bonds. The number of hydrogen-bond donors (Lipinski definition) is 0. The second-order valence-electron chi connectivity index (χ2n) is 2.36. The van der Waals surface area contributed by atoms with Gasteiger partial charge in [-0.2, -0.15) is 17.0 Å². The summed E-state index contributed by atoms with van der Waals surface area (Å²) in [6, 6.07) is 5.75. The van der Waals surface area contributed by atoms with Crippen LogP contribution in [0.5, 0.6) is 0 Å². The minimum absolute atomic E-state index is 0.165. The minimum Gasteiger partial charge on any atom is -0.292 e. The van der Waals surface area contributed by atoms with Gasteiger partial charge in [-0.25, -0.2) is 0 Å². The molecule has 0 saturated carbocycles. The molecule has 0 aliphatic carbocycles. The molecule has 4 heteroatoms. The molecule has 0 fully saturated rings. The second kappa shape index (κ2) is 5.79. The molecule has 1 rings (SSSR count). The van der Waals surface area contributed by atoms with E-state index >= 15 is 0 Å². The first-order valence-electron chi connectivity index (χ1n) is 3.86. The highest BCUT2D eigenvalue weighted by molar-refractivity contribution is 8.00. The number of carbonyl (C=O) groups is 1. The maximum absolute atomic E-state index is 11.4. The smallest absolute Gasteiger partial charge is 0.182 e. The molecule has 0 N–H and O–H groups in total. The SMILES string of the molecule is N#CCCSCC(=O)c1cccs1. The summed E-state index contributed by atoms with van der Waals surface area (Å²) in [6.45, 7) is 0. The van der Waals surface area contributed by atoms with Crippen molar-refractivity contribution in [3.05, 3.63) is 22.4 Å². The zero-order chi connectivity index (χ0) is 9.52. The van der Waals surface area contributed by atoms with Crippen molar-refractivity contribution in [2.45, 2.75) is 6.42 Å². The number of carbonyl (C=O) groups excluding carboxylic acids is 1. The van der Waals surface area contributed by atoms with Crippen molar-refractivity contribution in [1.82, 2.24) is 0 Å². The third kappa shape index (κ3) is 3.62. The van der Waals surface area contributed by atoms with E-state index < -0.39 is 0 Å². The third-order valence-electron chi connectivity index (χ3n) is 1.39. The lowest BCUT2D eigenvalue weighted by molar-refractivity contribution is 0.102. The van der Waals surface area contributed by atoms with Crippen LogP contribution in [0.2, 0.25) is 0 Å². The van der Waals surface area contributed by atoms with Crippen molar-refractivity contribution >= 4 is 28.9 Å². The number of nitriles is 1. The van der Waals surface area contributed by atoms with E-state index in [1.807, 2.05) is 23.6 Å². The van der Waals surface area contributed by atoms with Crippen molar-refractivity contribution in [3.63, 3.8) is 0 Å². The van der Waals surface area contributed by atoms with Gasteiger partial charge in [0, 0.05) is 12.2 Å². The molecule has 1 aromatic rings. The number of Topliss-reactive ketones (excluding diaryl/α,β-unsaturated/α-hetero) is 1. The first-order valence-corrected chi connectivity index (χ1v) is 5.89. The van der Waals surface area contributed by atoms with Crippen LogP contribution in [0.15, 0.2) is 17.5 Å². The molecule has 0 saturated heterocycles. The summed E-state index contributed by atoms with van der Waals surface area (Å²) >= 11 is 2.99. The number of thiophene rings is 1. The normalized spacial score (nSPS) is 9.46. The minimum atomic E-state index is 0.165. The standard InChI is InChI=1S/C9H9NOS2/c10-4-2-5-12-7-8(11)9-3-1-6-13-9/h1,3,6H,2,5,7H2. The van der Waals surface area contributed by atoms with Gasteiger partial charge in [-0.1, -0.05) is 6.07 Å². The van der Waals surface area contributed by atoms with Gasteiger partial charge in [0.2, 0.25) is 0 Å². The van der Waals surface area contributed by atoms with Gasteiger partial charge in [0.25, 0.3) is 0 Å². The highest BCUT2D eigenvalue weighted by atomic mass is 32.2. The summed E-state index contributed by atoms with van der Waals surface area (Å²) in [6.07, 6.45) is 0.516. The number of ketones is 1. The highest BCUT2D eigenvalue weighted by Crippen LogP contribution is 2.13. The van der Waals surface area contributed by atoms with Crippen LogP contribution in [0.4, 0.5) is 0 Å². The maximum Gasteiger partial charge on any atom is 0.182 e. The summed E-state index contributed by atoms with van der Waals surface area (Å²) < 4.78 is 0. The van der Waals surface area contributed by atoms with Crippen LogP contribution < -0.4 is 0 Å². The summed E-state index contributed by atoms with van der Waals surface area (Å²) in [5.74, 6) is 1.40. The van der Waals surface area contributed by atoms with Gasteiger partial charge in [-0.15, -0.1) is 11.3 Å². The average Bonchev–Trinajstić information content (AvgIpc) is 2.65. The summed E-state index contributed by atoms with van der Waals surface area (Å²) in [7, 11) is 0. The molecule has 13 heavy (non-hydrogen) atoms. The third-order valence-corrected chi connectivity index (χ3v) is 3.26. The second-order valence-corrected chi connectivity index (χ2v) is 4.41. The number of thioether (sulfide) groups is 1. The van der Waals surface area contributed by atoms with Crippen molar-refractivity contribution in [2.75, 3.05) is 11.5 Å². The highest BCUT2D eigenvalue weighted by Gasteiger charge is 2.05. The molecule has 0 aliphatic rings. The van der Waals surface area contributed by atoms with E-state index in [1.54, 1.807) is 0 Å². The van der Waals surface area contributed by atoms with Gasteiger partial charge in [0.15, 0.2) is 5.78 Å². The summed E-state index contributed by atoms with van der Waals surface area (Å²) in [5.41, 5.74) is 0. The van der Waals surface area contributed by atoms with Crippen LogP contribution in [-0.2, 0) is 0 Å².